The second kappa shape index (κ2) is 9.29. The van der Waals surface area contributed by atoms with Crippen LogP contribution in [0.1, 0.15) is 6.92 Å². The number of amides is 2. The number of nitrogens with one attached hydrogen (secondary N) is 3. The first kappa shape index (κ1) is 19.8. The van der Waals surface area contributed by atoms with Crippen LogP contribution >= 0.6 is 23.1 Å². The van der Waals surface area contributed by atoms with Crippen LogP contribution < -0.4 is 16.0 Å². The number of carbonyl (C=O) groups is 2. The van der Waals surface area contributed by atoms with E-state index in [0.29, 0.717) is 26.5 Å². The Morgan fingerprint density at radius 3 is 2.50 bits per heavy atom. The van der Waals surface area contributed by atoms with Gasteiger partial charge in [-0.2, -0.15) is 0 Å². The first-order valence-electron chi connectivity index (χ1n) is 8.14. The Balaban J connectivity index is 1.51. The Hall–Kier alpha value is -2.98. The van der Waals surface area contributed by atoms with Gasteiger partial charge in [0.1, 0.15) is 5.82 Å². The van der Waals surface area contributed by atoms with E-state index in [2.05, 4.69) is 26.1 Å². The standard InChI is InChI=1S/C18H16FN5O2S2/c1-11(25)20-14-6-3-7-15(9-14)21-16(26)10-27-18-24-23-17(28-18)22-13-5-2-4-12(19)8-13/h2-9H,10H2,1H3,(H,20,25)(H,21,26)(H,22,23). The van der Waals surface area contributed by atoms with Crippen molar-refractivity contribution in [3.05, 3.63) is 54.3 Å². The number of benzene rings is 2. The van der Waals surface area contributed by atoms with E-state index in [1.807, 2.05) is 0 Å². The summed E-state index contributed by atoms with van der Waals surface area (Å²) >= 11 is 2.52. The van der Waals surface area contributed by atoms with Crippen LogP contribution in [0.3, 0.4) is 0 Å². The smallest absolute Gasteiger partial charge is 0.234 e. The molecule has 0 saturated carbocycles. The average molecular weight is 417 g/mol. The van der Waals surface area contributed by atoms with E-state index in [0.717, 1.165) is 0 Å². The van der Waals surface area contributed by atoms with Gasteiger partial charge in [0.2, 0.25) is 16.9 Å². The minimum Gasteiger partial charge on any atom is -0.330 e. The topological polar surface area (TPSA) is 96.0 Å². The highest BCUT2D eigenvalue weighted by molar-refractivity contribution is 8.01. The molecule has 0 unspecified atom stereocenters. The molecule has 0 aliphatic rings. The van der Waals surface area contributed by atoms with Crippen LogP contribution in [0.5, 0.6) is 0 Å². The molecule has 7 nitrogen and oxygen atoms in total. The molecule has 144 valence electrons. The third-order valence-electron chi connectivity index (χ3n) is 3.28. The summed E-state index contributed by atoms with van der Waals surface area (Å²) in [6.45, 7) is 1.42. The van der Waals surface area contributed by atoms with Gasteiger partial charge in [-0.1, -0.05) is 35.2 Å². The molecule has 2 amide bonds. The number of anilines is 4. The summed E-state index contributed by atoms with van der Waals surface area (Å²) in [4.78, 5) is 23.2. The second-order valence-electron chi connectivity index (χ2n) is 5.61. The van der Waals surface area contributed by atoms with Crippen molar-refractivity contribution in [3.8, 4) is 0 Å². The van der Waals surface area contributed by atoms with Gasteiger partial charge in [0.25, 0.3) is 0 Å². The number of aromatic nitrogens is 2. The molecular weight excluding hydrogens is 401 g/mol. The van der Waals surface area contributed by atoms with Crippen LogP contribution in [0.15, 0.2) is 52.9 Å². The van der Waals surface area contributed by atoms with Crippen LogP contribution in [0.2, 0.25) is 0 Å². The molecule has 3 N–H and O–H groups in total. The third kappa shape index (κ3) is 6.03. The molecular formula is C18H16FN5O2S2. The van der Waals surface area contributed by atoms with Gasteiger partial charge in [0.15, 0.2) is 4.34 Å². The van der Waals surface area contributed by atoms with Gasteiger partial charge in [-0.25, -0.2) is 4.39 Å². The molecule has 0 saturated heterocycles. The average Bonchev–Trinajstić information content (AvgIpc) is 3.07. The van der Waals surface area contributed by atoms with Crippen molar-refractivity contribution < 1.29 is 14.0 Å². The zero-order valence-electron chi connectivity index (χ0n) is 14.7. The van der Waals surface area contributed by atoms with E-state index >= 15 is 0 Å². The van der Waals surface area contributed by atoms with Crippen molar-refractivity contribution in [1.29, 1.82) is 0 Å². The number of hydrogen-bond acceptors (Lipinski definition) is 7. The fourth-order valence-corrected chi connectivity index (χ4v) is 3.78. The lowest BCUT2D eigenvalue weighted by molar-refractivity contribution is -0.114. The van der Waals surface area contributed by atoms with E-state index < -0.39 is 0 Å². The van der Waals surface area contributed by atoms with Gasteiger partial charge in [0, 0.05) is 24.0 Å². The fraction of sp³-hybridized carbons (Fsp3) is 0.111. The third-order valence-corrected chi connectivity index (χ3v) is 5.25. The van der Waals surface area contributed by atoms with Gasteiger partial charge in [-0.3, -0.25) is 9.59 Å². The van der Waals surface area contributed by atoms with Crippen molar-refractivity contribution in [2.24, 2.45) is 0 Å². The first-order chi connectivity index (χ1) is 13.5. The Labute approximate surface area is 168 Å². The predicted octanol–water partition coefficient (Wildman–Crippen LogP) is 4.11. The van der Waals surface area contributed by atoms with Crippen molar-refractivity contribution in [1.82, 2.24) is 10.2 Å². The Kier molecular flexibility index (Phi) is 6.56. The van der Waals surface area contributed by atoms with E-state index in [1.165, 1.54) is 42.2 Å². The summed E-state index contributed by atoms with van der Waals surface area (Å²) in [6.07, 6.45) is 0. The molecule has 1 heterocycles. The van der Waals surface area contributed by atoms with E-state index in [-0.39, 0.29) is 23.4 Å². The number of thioether (sulfide) groups is 1. The van der Waals surface area contributed by atoms with E-state index in [1.54, 1.807) is 36.4 Å². The number of hydrogen-bond donors (Lipinski definition) is 3. The number of rotatable bonds is 7. The molecule has 10 heteroatoms. The summed E-state index contributed by atoms with van der Waals surface area (Å²) in [5.74, 6) is -0.583. The molecule has 3 aromatic rings. The molecule has 1 aromatic heterocycles. The molecule has 0 aliphatic heterocycles. The molecule has 3 rings (SSSR count). The predicted molar refractivity (Wildman–Crippen MR) is 110 cm³/mol. The zero-order valence-corrected chi connectivity index (χ0v) is 16.4. The van der Waals surface area contributed by atoms with Crippen LogP contribution in [0.4, 0.5) is 26.6 Å². The molecule has 0 radical (unpaired) electrons. The maximum absolute atomic E-state index is 13.2. The minimum absolute atomic E-state index is 0.152. The molecule has 0 bridgehead atoms. The quantitative estimate of drug-likeness (QED) is 0.501. The zero-order chi connectivity index (χ0) is 19.9. The van der Waals surface area contributed by atoms with Crippen LogP contribution in [-0.2, 0) is 9.59 Å². The van der Waals surface area contributed by atoms with Gasteiger partial charge < -0.3 is 16.0 Å². The van der Waals surface area contributed by atoms with Gasteiger partial charge >= 0.3 is 0 Å². The monoisotopic (exact) mass is 417 g/mol. The SMILES string of the molecule is CC(=O)Nc1cccc(NC(=O)CSc2nnc(Nc3cccc(F)c3)s2)c1. The van der Waals surface area contributed by atoms with Crippen LogP contribution in [0, 0.1) is 5.82 Å². The van der Waals surface area contributed by atoms with Crippen molar-refractivity contribution in [3.63, 3.8) is 0 Å². The van der Waals surface area contributed by atoms with Crippen LogP contribution in [-0.4, -0.2) is 27.8 Å². The Morgan fingerprint density at radius 2 is 1.75 bits per heavy atom. The maximum Gasteiger partial charge on any atom is 0.234 e. The lowest BCUT2D eigenvalue weighted by Crippen LogP contribution is -2.14. The highest BCUT2D eigenvalue weighted by Gasteiger charge is 2.09. The van der Waals surface area contributed by atoms with Crippen molar-refractivity contribution in [2.45, 2.75) is 11.3 Å². The van der Waals surface area contributed by atoms with Gasteiger partial charge in [-0.05, 0) is 36.4 Å². The fourth-order valence-electron chi connectivity index (χ4n) is 2.21. The molecule has 0 fully saturated rings. The summed E-state index contributed by atoms with van der Waals surface area (Å²) in [5.41, 5.74) is 1.77. The summed E-state index contributed by atoms with van der Waals surface area (Å²) in [5, 5.41) is 16.9. The normalized spacial score (nSPS) is 10.4. The number of halogens is 1. The summed E-state index contributed by atoms with van der Waals surface area (Å²) < 4.78 is 13.8. The molecule has 2 aromatic carbocycles. The van der Waals surface area contributed by atoms with Gasteiger partial charge in [0.05, 0.1) is 5.75 Å². The second-order valence-corrected chi connectivity index (χ2v) is 7.81. The maximum atomic E-state index is 13.2. The highest BCUT2D eigenvalue weighted by atomic mass is 32.2. The van der Waals surface area contributed by atoms with Crippen molar-refractivity contribution in [2.75, 3.05) is 21.7 Å². The largest absolute Gasteiger partial charge is 0.330 e. The number of nitrogens with zero attached hydrogens (tertiary/aromatic N) is 2. The minimum atomic E-state index is -0.344. The van der Waals surface area contributed by atoms with Gasteiger partial charge in [-0.15, -0.1) is 10.2 Å². The molecule has 0 spiro atoms. The molecule has 28 heavy (non-hydrogen) atoms. The first-order valence-corrected chi connectivity index (χ1v) is 9.94. The lowest BCUT2D eigenvalue weighted by atomic mass is 10.2. The molecule has 0 atom stereocenters. The summed E-state index contributed by atoms with van der Waals surface area (Å²) in [7, 11) is 0. The summed E-state index contributed by atoms with van der Waals surface area (Å²) in [6, 6.07) is 12.9. The van der Waals surface area contributed by atoms with Crippen LogP contribution in [0.25, 0.3) is 0 Å². The highest BCUT2D eigenvalue weighted by Crippen LogP contribution is 2.28. The Bertz CT molecular complexity index is 995. The van der Waals surface area contributed by atoms with E-state index in [9.17, 15) is 14.0 Å². The Morgan fingerprint density at radius 1 is 1.04 bits per heavy atom. The van der Waals surface area contributed by atoms with Crippen molar-refractivity contribution >= 4 is 57.1 Å². The number of carbonyl (C=O) groups excluding carboxylic acids is 2. The van der Waals surface area contributed by atoms with E-state index in [4.69, 9.17) is 0 Å². The lowest BCUT2D eigenvalue weighted by Gasteiger charge is -2.07. The molecule has 0 aliphatic carbocycles.